The monoisotopic (exact) mass is 422 g/mol. The van der Waals surface area contributed by atoms with Crippen LogP contribution in [0.2, 0.25) is 0 Å². The van der Waals surface area contributed by atoms with Gasteiger partial charge in [-0.15, -0.1) is 0 Å². The van der Waals surface area contributed by atoms with Crippen molar-refractivity contribution in [2.24, 2.45) is 11.3 Å². The van der Waals surface area contributed by atoms with Crippen LogP contribution in [0.15, 0.2) is 42.7 Å². The number of hydrogen-bond donors (Lipinski definition) is 1. The Bertz CT molecular complexity index is 1080. The van der Waals surface area contributed by atoms with Gasteiger partial charge in [-0.25, -0.2) is 14.3 Å². The molecule has 0 saturated heterocycles. The fourth-order valence-corrected chi connectivity index (χ4v) is 3.87. The number of nitrogens with zero attached hydrogens (tertiary/aromatic N) is 3. The number of carbonyl (C=O) groups is 2. The van der Waals surface area contributed by atoms with Gasteiger partial charge in [-0.05, 0) is 42.9 Å². The average Bonchev–Trinajstić information content (AvgIpc) is 3.11. The minimum Gasteiger partial charge on any atom is -0.462 e. The number of nitrogens with one attached hydrogen (secondary N) is 1. The van der Waals surface area contributed by atoms with Crippen LogP contribution in [-0.2, 0) is 9.53 Å². The molecule has 7 heteroatoms. The topological polar surface area (TPSA) is 85.6 Å². The molecule has 0 spiro atoms. The van der Waals surface area contributed by atoms with Crippen molar-refractivity contribution in [2.75, 3.05) is 11.9 Å². The van der Waals surface area contributed by atoms with E-state index in [9.17, 15) is 9.59 Å². The van der Waals surface area contributed by atoms with Gasteiger partial charge in [0.15, 0.2) is 5.65 Å². The van der Waals surface area contributed by atoms with Gasteiger partial charge in [-0.3, -0.25) is 4.79 Å². The van der Waals surface area contributed by atoms with Gasteiger partial charge in [0.1, 0.15) is 5.56 Å². The first-order valence-electron chi connectivity index (χ1n) is 10.6. The molecule has 0 aliphatic heterocycles. The number of aromatic nitrogens is 3. The van der Waals surface area contributed by atoms with E-state index >= 15 is 0 Å². The molecule has 3 rings (SSSR count). The smallest absolute Gasteiger partial charge is 0.343 e. The van der Waals surface area contributed by atoms with Crippen molar-refractivity contribution in [3.63, 3.8) is 0 Å². The molecule has 3 aromatic rings. The van der Waals surface area contributed by atoms with E-state index in [4.69, 9.17) is 4.74 Å². The Morgan fingerprint density at radius 2 is 2.00 bits per heavy atom. The van der Waals surface area contributed by atoms with Gasteiger partial charge in [0.05, 0.1) is 18.5 Å². The summed E-state index contributed by atoms with van der Waals surface area (Å²) in [6.45, 7) is 10.7. The zero-order chi connectivity index (χ0) is 22.6. The van der Waals surface area contributed by atoms with Crippen LogP contribution < -0.4 is 5.32 Å². The molecule has 1 aromatic carbocycles. The van der Waals surface area contributed by atoms with Crippen LogP contribution in [0.1, 0.15) is 57.8 Å². The number of esters is 1. The fourth-order valence-electron chi connectivity index (χ4n) is 3.87. The Labute approximate surface area is 182 Å². The van der Waals surface area contributed by atoms with E-state index in [0.29, 0.717) is 29.2 Å². The van der Waals surface area contributed by atoms with Gasteiger partial charge in [0.25, 0.3) is 0 Å². The van der Waals surface area contributed by atoms with Crippen LogP contribution in [0.5, 0.6) is 0 Å². The first-order valence-corrected chi connectivity index (χ1v) is 10.6. The highest BCUT2D eigenvalue weighted by Gasteiger charge is 2.19. The Morgan fingerprint density at radius 3 is 2.71 bits per heavy atom. The molecule has 0 saturated carbocycles. The summed E-state index contributed by atoms with van der Waals surface area (Å²) >= 11 is 0. The van der Waals surface area contributed by atoms with Crippen molar-refractivity contribution in [1.29, 1.82) is 0 Å². The van der Waals surface area contributed by atoms with E-state index in [-0.39, 0.29) is 17.9 Å². The van der Waals surface area contributed by atoms with Crippen LogP contribution in [0.25, 0.3) is 16.9 Å². The summed E-state index contributed by atoms with van der Waals surface area (Å²) in [7, 11) is 0. The lowest BCUT2D eigenvalue weighted by atomic mass is 9.84. The van der Waals surface area contributed by atoms with Crippen molar-refractivity contribution in [1.82, 2.24) is 14.6 Å². The highest BCUT2D eigenvalue weighted by atomic mass is 16.5. The third-order valence-corrected chi connectivity index (χ3v) is 4.83. The number of carbonyl (C=O) groups excluding carboxylic acids is 2. The molecular weight excluding hydrogens is 392 g/mol. The third kappa shape index (κ3) is 5.69. The molecule has 1 amide bonds. The normalized spacial score (nSPS) is 12.5. The highest BCUT2D eigenvalue weighted by Crippen LogP contribution is 2.27. The van der Waals surface area contributed by atoms with Crippen molar-refractivity contribution in [3.8, 4) is 11.3 Å². The summed E-state index contributed by atoms with van der Waals surface area (Å²) < 4.78 is 6.69. The van der Waals surface area contributed by atoms with E-state index in [1.165, 1.54) is 6.20 Å². The van der Waals surface area contributed by atoms with Crippen LogP contribution in [0, 0.1) is 11.3 Å². The summed E-state index contributed by atoms with van der Waals surface area (Å²) in [5.41, 5.74) is 3.28. The van der Waals surface area contributed by atoms with E-state index in [2.05, 4.69) is 43.1 Å². The second-order valence-corrected chi connectivity index (χ2v) is 9.05. The van der Waals surface area contributed by atoms with Gasteiger partial charge >= 0.3 is 5.97 Å². The van der Waals surface area contributed by atoms with Crippen LogP contribution in [-0.4, -0.2) is 33.1 Å². The lowest BCUT2D eigenvalue weighted by molar-refractivity contribution is -0.117. The van der Waals surface area contributed by atoms with Gasteiger partial charge < -0.3 is 10.1 Å². The molecule has 1 unspecified atom stereocenters. The number of fused-ring (bicyclic) bond motifs is 1. The minimum absolute atomic E-state index is 0.00235. The standard InChI is InChI=1S/C24H30N4O3/c1-6-31-23(30)19-15-26-28-20(10-11-25-22(19)28)17-8-7-9-18(13-17)27-21(29)12-16(2)14-24(3,4)5/h7-11,13,15-16H,6,12,14H2,1-5H3,(H,27,29). The van der Waals surface area contributed by atoms with Gasteiger partial charge in [0, 0.05) is 23.9 Å². The molecule has 7 nitrogen and oxygen atoms in total. The molecule has 164 valence electrons. The number of benzene rings is 1. The summed E-state index contributed by atoms with van der Waals surface area (Å²) in [5, 5.41) is 7.33. The van der Waals surface area contributed by atoms with E-state index in [0.717, 1.165) is 17.7 Å². The first kappa shape index (κ1) is 22.5. The second kappa shape index (κ2) is 9.29. The first-order chi connectivity index (χ1) is 14.7. The molecule has 31 heavy (non-hydrogen) atoms. The van der Waals surface area contributed by atoms with Gasteiger partial charge in [-0.1, -0.05) is 39.8 Å². The number of anilines is 1. The highest BCUT2D eigenvalue weighted by molar-refractivity contribution is 5.96. The maximum atomic E-state index is 12.5. The zero-order valence-corrected chi connectivity index (χ0v) is 18.8. The lowest BCUT2D eigenvalue weighted by Crippen LogP contribution is -2.18. The molecule has 2 heterocycles. The number of hydrogen-bond acceptors (Lipinski definition) is 5. The molecule has 0 aliphatic rings. The molecule has 2 aromatic heterocycles. The predicted octanol–water partition coefficient (Wildman–Crippen LogP) is 4.97. The van der Waals surface area contributed by atoms with Crippen molar-refractivity contribution >= 4 is 23.2 Å². The van der Waals surface area contributed by atoms with Crippen LogP contribution in [0.4, 0.5) is 5.69 Å². The Balaban J connectivity index is 1.81. The number of rotatable bonds is 7. The molecular formula is C24H30N4O3. The summed E-state index contributed by atoms with van der Waals surface area (Å²) in [6, 6.07) is 9.39. The quantitative estimate of drug-likeness (QED) is 0.543. The summed E-state index contributed by atoms with van der Waals surface area (Å²) in [4.78, 5) is 29.0. The maximum absolute atomic E-state index is 12.5. The van der Waals surface area contributed by atoms with E-state index in [1.54, 1.807) is 17.6 Å². The van der Waals surface area contributed by atoms with Gasteiger partial charge in [-0.2, -0.15) is 5.10 Å². The van der Waals surface area contributed by atoms with Crippen LogP contribution in [0.3, 0.4) is 0 Å². The molecule has 1 atom stereocenters. The third-order valence-electron chi connectivity index (χ3n) is 4.83. The van der Waals surface area contributed by atoms with Crippen molar-refractivity contribution in [3.05, 3.63) is 48.3 Å². The largest absolute Gasteiger partial charge is 0.462 e. The number of amides is 1. The van der Waals surface area contributed by atoms with E-state index in [1.807, 2.05) is 30.3 Å². The SMILES string of the molecule is CCOC(=O)c1cnn2c(-c3cccc(NC(=O)CC(C)CC(C)(C)C)c3)ccnc12. The Kier molecular flexibility index (Phi) is 6.73. The fraction of sp³-hybridized carbons (Fsp3) is 0.417. The zero-order valence-electron chi connectivity index (χ0n) is 18.8. The molecule has 0 bridgehead atoms. The van der Waals surface area contributed by atoms with E-state index < -0.39 is 5.97 Å². The molecule has 0 fully saturated rings. The Hall–Kier alpha value is -3.22. The van der Waals surface area contributed by atoms with Crippen LogP contribution >= 0.6 is 0 Å². The molecule has 1 N–H and O–H groups in total. The second-order valence-electron chi connectivity index (χ2n) is 9.05. The minimum atomic E-state index is -0.451. The van der Waals surface area contributed by atoms with Crippen molar-refractivity contribution < 1.29 is 14.3 Å². The summed E-state index contributed by atoms with van der Waals surface area (Å²) in [5.74, 6) is -0.154. The summed E-state index contributed by atoms with van der Waals surface area (Å²) in [6.07, 6.45) is 4.56. The number of ether oxygens (including phenoxy) is 1. The lowest BCUT2D eigenvalue weighted by Gasteiger charge is -2.22. The Morgan fingerprint density at radius 1 is 1.23 bits per heavy atom. The maximum Gasteiger partial charge on any atom is 0.343 e. The molecule has 0 aliphatic carbocycles. The van der Waals surface area contributed by atoms with Gasteiger partial charge in [0.2, 0.25) is 5.91 Å². The molecule has 0 radical (unpaired) electrons. The predicted molar refractivity (Wildman–Crippen MR) is 121 cm³/mol. The average molecular weight is 423 g/mol. The van der Waals surface area contributed by atoms with Crippen molar-refractivity contribution in [2.45, 2.75) is 47.5 Å².